The van der Waals surface area contributed by atoms with Crippen LogP contribution in [0.5, 0.6) is 0 Å². The average molecular weight is 604 g/mol. The molecule has 2 fully saturated rings. The van der Waals surface area contributed by atoms with Crippen LogP contribution < -0.4 is 10.2 Å². The van der Waals surface area contributed by atoms with Crippen molar-refractivity contribution in [2.75, 3.05) is 37.6 Å². The minimum atomic E-state index is -0.938. The Hall–Kier alpha value is -2.71. The summed E-state index contributed by atoms with van der Waals surface area (Å²) in [5.41, 5.74) is 3.27. The molecule has 3 aromatic rings. The third-order valence-corrected chi connectivity index (χ3v) is 9.12. The Morgan fingerprint density at radius 2 is 1.66 bits per heavy atom. The van der Waals surface area contributed by atoms with Gasteiger partial charge in [-0.2, -0.15) is 0 Å². The summed E-state index contributed by atoms with van der Waals surface area (Å²) < 4.78 is 26.6. The molecule has 1 N–H and O–H groups in total. The Kier molecular flexibility index (Phi) is 9.19. The van der Waals surface area contributed by atoms with Crippen LogP contribution in [0.2, 0.25) is 10.0 Å². The maximum absolute atomic E-state index is 13.5. The summed E-state index contributed by atoms with van der Waals surface area (Å²) in [5, 5.41) is 4.04. The van der Waals surface area contributed by atoms with E-state index in [2.05, 4.69) is 46.0 Å². The van der Waals surface area contributed by atoms with Gasteiger partial charge in [-0.25, -0.2) is 8.78 Å². The van der Waals surface area contributed by atoms with E-state index in [4.69, 9.17) is 23.2 Å². The number of benzene rings is 3. The van der Waals surface area contributed by atoms with Crippen LogP contribution in [0.4, 0.5) is 14.5 Å². The van der Waals surface area contributed by atoms with Gasteiger partial charge in [0.15, 0.2) is 11.6 Å². The first-order chi connectivity index (χ1) is 19.6. The first-order valence-corrected chi connectivity index (χ1v) is 14.9. The van der Waals surface area contributed by atoms with E-state index in [1.807, 2.05) is 18.2 Å². The van der Waals surface area contributed by atoms with E-state index in [0.717, 1.165) is 75.0 Å². The number of hydrogen-bond acceptors (Lipinski definition) is 4. The molecule has 41 heavy (non-hydrogen) atoms. The lowest BCUT2D eigenvalue weighted by atomic mass is 9.85. The van der Waals surface area contributed by atoms with Crippen molar-refractivity contribution in [1.29, 1.82) is 0 Å². The van der Waals surface area contributed by atoms with Crippen LogP contribution in [0.15, 0.2) is 60.7 Å². The van der Waals surface area contributed by atoms with E-state index < -0.39 is 11.6 Å². The number of carbonyl (C=O) groups excluding carboxylic acids is 1. The summed E-state index contributed by atoms with van der Waals surface area (Å²) in [6.45, 7) is 10.5. The zero-order valence-corrected chi connectivity index (χ0v) is 25.0. The number of amides is 1. The summed E-state index contributed by atoms with van der Waals surface area (Å²) in [7, 11) is 0. The number of nitrogens with zero attached hydrogens (tertiary/aromatic N) is 3. The van der Waals surface area contributed by atoms with E-state index in [1.54, 1.807) is 12.1 Å². The van der Waals surface area contributed by atoms with Gasteiger partial charge in [-0.3, -0.25) is 14.6 Å². The van der Waals surface area contributed by atoms with Crippen LogP contribution in [0.25, 0.3) is 0 Å². The van der Waals surface area contributed by atoms with Gasteiger partial charge in [0.25, 0.3) is 5.91 Å². The standard InChI is InChI=1S/C32H36Cl2F2N4O.H2/c1-22-20-39(15-16-40(22)32(2)11-13-38(14-12-32)21-23-3-7-26(33)8-4-23)30-10-6-25(18-27(30)34)31(41)37-19-24-5-9-28(35)29(36)17-24;/h3-10,17-18,22H,11-16,19-21H2,1-2H3,(H,37,41);1H/t22-;/m0./s1. The van der Waals surface area contributed by atoms with Crippen LogP contribution in [0, 0.1) is 11.6 Å². The minimum absolute atomic E-state index is 0. The summed E-state index contributed by atoms with van der Waals surface area (Å²) in [6.07, 6.45) is 2.25. The molecule has 0 aromatic heterocycles. The van der Waals surface area contributed by atoms with Crippen LogP contribution in [0.3, 0.4) is 0 Å². The average Bonchev–Trinajstić information content (AvgIpc) is 2.96. The maximum atomic E-state index is 13.5. The van der Waals surface area contributed by atoms with Gasteiger partial charge < -0.3 is 10.2 Å². The summed E-state index contributed by atoms with van der Waals surface area (Å²) >= 11 is 12.7. The van der Waals surface area contributed by atoms with Gasteiger partial charge in [0, 0.05) is 69.4 Å². The molecule has 2 aliphatic rings. The highest BCUT2D eigenvalue weighted by Crippen LogP contribution is 2.35. The Labute approximate surface area is 252 Å². The number of piperidine rings is 1. The smallest absolute Gasteiger partial charge is 0.251 e. The van der Waals surface area contributed by atoms with Gasteiger partial charge in [0.05, 0.1) is 10.7 Å². The van der Waals surface area contributed by atoms with Crippen LogP contribution >= 0.6 is 23.2 Å². The van der Waals surface area contributed by atoms with Crippen LogP contribution in [-0.2, 0) is 13.1 Å². The number of carbonyl (C=O) groups is 1. The minimum Gasteiger partial charge on any atom is -0.367 e. The molecule has 0 unspecified atom stereocenters. The Bertz CT molecular complexity index is 1390. The molecule has 5 nitrogen and oxygen atoms in total. The van der Waals surface area contributed by atoms with E-state index in [1.165, 1.54) is 11.6 Å². The van der Waals surface area contributed by atoms with Gasteiger partial charge in [0.1, 0.15) is 0 Å². The quantitative estimate of drug-likeness (QED) is 0.315. The van der Waals surface area contributed by atoms with Crippen LogP contribution in [0.1, 0.15) is 49.6 Å². The molecule has 2 saturated heterocycles. The van der Waals surface area contributed by atoms with E-state index in [0.29, 0.717) is 22.2 Å². The number of halogens is 4. The third kappa shape index (κ3) is 7.03. The second-order valence-electron chi connectivity index (χ2n) is 11.5. The number of anilines is 1. The van der Waals surface area contributed by atoms with Gasteiger partial charge in [-0.1, -0.05) is 41.4 Å². The van der Waals surface area contributed by atoms with Crippen molar-refractivity contribution in [1.82, 2.24) is 15.1 Å². The molecule has 2 aliphatic heterocycles. The number of likely N-dealkylation sites (tertiary alicyclic amines) is 1. The number of nitrogens with one attached hydrogen (secondary N) is 1. The van der Waals surface area contributed by atoms with E-state index in [9.17, 15) is 13.6 Å². The molecule has 0 spiro atoms. The predicted octanol–water partition coefficient (Wildman–Crippen LogP) is 7.01. The summed E-state index contributed by atoms with van der Waals surface area (Å²) in [6, 6.07) is 17.4. The van der Waals surface area contributed by atoms with E-state index >= 15 is 0 Å². The van der Waals surface area contributed by atoms with Crippen molar-refractivity contribution < 1.29 is 15.0 Å². The Morgan fingerprint density at radius 3 is 2.32 bits per heavy atom. The van der Waals surface area contributed by atoms with Gasteiger partial charge in [-0.05, 0) is 80.3 Å². The molecule has 0 bridgehead atoms. The molecule has 9 heteroatoms. The van der Waals surface area contributed by atoms with Crippen LogP contribution in [-0.4, -0.2) is 60.0 Å². The van der Waals surface area contributed by atoms with Crippen molar-refractivity contribution >= 4 is 34.8 Å². The Balaban J connectivity index is 0.00000405. The molecule has 0 aliphatic carbocycles. The lowest BCUT2D eigenvalue weighted by Gasteiger charge is -2.53. The van der Waals surface area contributed by atoms with Crippen molar-refractivity contribution in [3.63, 3.8) is 0 Å². The van der Waals surface area contributed by atoms with Gasteiger partial charge in [-0.15, -0.1) is 0 Å². The maximum Gasteiger partial charge on any atom is 0.251 e. The second-order valence-corrected chi connectivity index (χ2v) is 12.3. The fourth-order valence-electron chi connectivity index (χ4n) is 6.15. The fraction of sp³-hybridized carbons (Fsp3) is 0.406. The molecular weight excluding hydrogens is 565 g/mol. The predicted molar refractivity (Wildman–Crippen MR) is 164 cm³/mol. The number of rotatable bonds is 7. The molecule has 1 atom stereocenters. The zero-order chi connectivity index (χ0) is 29.1. The molecule has 2 heterocycles. The number of hydrogen-bond donors (Lipinski definition) is 1. The molecule has 3 aromatic carbocycles. The molecular formula is C32H38Cl2F2N4O. The highest BCUT2D eigenvalue weighted by Gasteiger charge is 2.40. The van der Waals surface area contributed by atoms with Crippen molar-refractivity contribution in [2.45, 2.75) is 51.4 Å². The summed E-state index contributed by atoms with van der Waals surface area (Å²) in [4.78, 5) is 20.2. The highest BCUT2D eigenvalue weighted by atomic mass is 35.5. The van der Waals surface area contributed by atoms with E-state index in [-0.39, 0.29) is 19.4 Å². The monoisotopic (exact) mass is 602 g/mol. The third-order valence-electron chi connectivity index (χ3n) is 8.56. The van der Waals surface area contributed by atoms with Crippen molar-refractivity contribution in [2.24, 2.45) is 0 Å². The fourth-order valence-corrected chi connectivity index (χ4v) is 6.57. The lowest BCUT2D eigenvalue weighted by molar-refractivity contribution is 0.000624. The second kappa shape index (κ2) is 12.7. The molecule has 5 rings (SSSR count). The first-order valence-electron chi connectivity index (χ1n) is 14.1. The van der Waals surface area contributed by atoms with Gasteiger partial charge in [0.2, 0.25) is 0 Å². The van der Waals surface area contributed by atoms with Crippen molar-refractivity contribution in [3.05, 3.63) is 99.0 Å². The molecule has 0 saturated carbocycles. The Morgan fingerprint density at radius 1 is 0.951 bits per heavy atom. The topological polar surface area (TPSA) is 38.8 Å². The SMILES string of the molecule is C[C@H]1CN(c2ccc(C(=O)NCc3ccc(F)c(F)c3)cc2Cl)CCN1C1(C)CCN(Cc2ccc(Cl)cc2)CC1.[HH]. The largest absolute Gasteiger partial charge is 0.367 e. The van der Waals surface area contributed by atoms with Gasteiger partial charge >= 0.3 is 0 Å². The highest BCUT2D eigenvalue weighted by molar-refractivity contribution is 6.33. The normalized spacial score (nSPS) is 19.8. The van der Waals surface area contributed by atoms with Crippen molar-refractivity contribution in [3.8, 4) is 0 Å². The molecule has 1 amide bonds. The zero-order valence-electron chi connectivity index (χ0n) is 23.5. The number of piperazine rings is 1. The summed E-state index contributed by atoms with van der Waals surface area (Å²) in [5.74, 6) is -2.17. The molecule has 0 radical (unpaired) electrons. The lowest BCUT2D eigenvalue weighted by Crippen LogP contribution is -2.62. The molecule has 220 valence electrons. The first kappa shape index (κ1) is 29.8.